The lowest BCUT2D eigenvalue weighted by Gasteiger charge is -2.11. The van der Waals surface area contributed by atoms with E-state index >= 15 is 0 Å². The fraction of sp³-hybridized carbons (Fsp3) is 0.857. The summed E-state index contributed by atoms with van der Waals surface area (Å²) in [4.78, 5) is 10.5. The van der Waals surface area contributed by atoms with E-state index in [0.717, 1.165) is 19.5 Å². The van der Waals surface area contributed by atoms with Crippen molar-refractivity contribution < 1.29 is 9.90 Å². The summed E-state index contributed by atoms with van der Waals surface area (Å²) in [7, 11) is 0. The third kappa shape index (κ3) is 1.48. The van der Waals surface area contributed by atoms with Gasteiger partial charge in [-0.25, -0.2) is 0 Å². The average molecular weight is 143 g/mol. The van der Waals surface area contributed by atoms with Gasteiger partial charge in [-0.1, -0.05) is 6.92 Å². The second-order valence-corrected chi connectivity index (χ2v) is 2.88. The van der Waals surface area contributed by atoms with Crippen LogP contribution in [0.4, 0.5) is 0 Å². The van der Waals surface area contributed by atoms with Gasteiger partial charge in [0.05, 0.1) is 5.92 Å². The van der Waals surface area contributed by atoms with Crippen molar-refractivity contribution in [2.24, 2.45) is 11.8 Å². The van der Waals surface area contributed by atoms with Gasteiger partial charge in [0.1, 0.15) is 0 Å². The zero-order chi connectivity index (χ0) is 7.56. The second kappa shape index (κ2) is 3.01. The van der Waals surface area contributed by atoms with Gasteiger partial charge in [0.15, 0.2) is 0 Å². The minimum atomic E-state index is -0.672. The minimum absolute atomic E-state index is 0.185. The molecule has 10 heavy (non-hydrogen) atoms. The van der Waals surface area contributed by atoms with Gasteiger partial charge in [-0.3, -0.25) is 4.79 Å². The number of carboxylic acid groups (broad SMARTS) is 1. The van der Waals surface area contributed by atoms with Gasteiger partial charge in [0.2, 0.25) is 0 Å². The van der Waals surface area contributed by atoms with Crippen LogP contribution in [-0.2, 0) is 4.79 Å². The second-order valence-electron chi connectivity index (χ2n) is 2.88. The van der Waals surface area contributed by atoms with Gasteiger partial charge in [0, 0.05) is 0 Å². The Bertz CT molecular complexity index is 130. The normalized spacial score (nSPS) is 28.3. The van der Waals surface area contributed by atoms with Crippen LogP contribution in [0.2, 0.25) is 0 Å². The molecule has 2 N–H and O–H groups in total. The maximum absolute atomic E-state index is 10.5. The molecule has 0 aromatic carbocycles. The summed E-state index contributed by atoms with van der Waals surface area (Å²) in [5.74, 6) is -0.513. The lowest BCUT2D eigenvalue weighted by atomic mass is 9.94. The van der Waals surface area contributed by atoms with Crippen LogP contribution >= 0.6 is 0 Å². The Labute approximate surface area is 60.4 Å². The lowest BCUT2D eigenvalue weighted by Crippen LogP contribution is -2.22. The van der Waals surface area contributed by atoms with Crippen LogP contribution in [0.15, 0.2) is 0 Å². The lowest BCUT2D eigenvalue weighted by molar-refractivity contribution is -0.142. The fourth-order valence-electron chi connectivity index (χ4n) is 1.31. The Morgan fingerprint density at radius 2 is 2.50 bits per heavy atom. The number of nitrogens with one attached hydrogen (secondary N) is 1. The van der Waals surface area contributed by atoms with E-state index in [-0.39, 0.29) is 5.92 Å². The average Bonchev–Trinajstić information content (AvgIpc) is 2.36. The van der Waals surface area contributed by atoms with Crippen molar-refractivity contribution in [1.82, 2.24) is 5.32 Å². The highest BCUT2D eigenvalue weighted by Crippen LogP contribution is 2.18. The fourth-order valence-corrected chi connectivity index (χ4v) is 1.31. The molecule has 0 bridgehead atoms. The maximum Gasteiger partial charge on any atom is 0.306 e. The minimum Gasteiger partial charge on any atom is -0.481 e. The first-order chi connectivity index (χ1) is 4.72. The van der Waals surface area contributed by atoms with Crippen LogP contribution in [0.3, 0.4) is 0 Å². The van der Waals surface area contributed by atoms with Crippen LogP contribution < -0.4 is 5.32 Å². The van der Waals surface area contributed by atoms with Crippen molar-refractivity contribution in [3.63, 3.8) is 0 Å². The van der Waals surface area contributed by atoms with E-state index < -0.39 is 5.97 Å². The van der Waals surface area contributed by atoms with Crippen LogP contribution in [0, 0.1) is 11.8 Å². The summed E-state index contributed by atoms with van der Waals surface area (Å²) < 4.78 is 0. The number of hydrogen-bond donors (Lipinski definition) is 2. The van der Waals surface area contributed by atoms with E-state index in [2.05, 4.69) is 5.32 Å². The number of rotatable bonds is 2. The number of carbonyl (C=O) groups is 1. The summed E-state index contributed by atoms with van der Waals surface area (Å²) in [6.45, 7) is 3.62. The van der Waals surface area contributed by atoms with E-state index in [1.807, 2.05) is 0 Å². The predicted molar refractivity (Wildman–Crippen MR) is 37.8 cm³/mol. The molecule has 1 aliphatic heterocycles. The summed E-state index contributed by atoms with van der Waals surface area (Å²) in [6, 6.07) is 0. The highest BCUT2D eigenvalue weighted by Gasteiger charge is 2.25. The molecular weight excluding hydrogens is 130 g/mol. The summed E-state index contributed by atoms with van der Waals surface area (Å²) >= 11 is 0. The zero-order valence-electron chi connectivity index (χ0n) is 6.13. The third-order valence-electron chi connectivity index (χ3n) is 2.20. The van der Waals surface area contributed by atoms with Gasteiger partial charge in [-0.05, 0) is 25.4 Å². The van der Waals surface area contributed by atoms with Crippen LogP contribution in [0.5, 0.6) is 0 Å². The molecule has 0 amide bonds. The topological polar surface area (TPSA) is 49.3 Å². The molecule has 1 rings (SSSR count). The van der Waals surface area contributed by atoms with Crippen LogP contribution in [0.1, 0.15) is 13.3 Å². The molecule has 0 spiro atoms. The highest BCUT2D eigenvalue weighted by molar-refractivity contribution is 5.69. The SMILES string of the molecule is CC(C(=O)O)[C@H]1CCNC1. The van der Waals surface area contributed by atoms with Crippen molar-refractivity contribution in [1.29, 1.82) is 0 Å². The highest BCUT2D eigenvalue weighted by atomic mass is 16.4. The number of carboxylic acids is 1. The van der Waals surface area contributed by atoms with Crippen molar-refractivity contribution >= 4 is 5.97 Å². The van der Waals surface area contributed by atoms with Crippen molar-refractivity contribution in [3.05, 3.63) is 0 Å². The van der Waals surface area contributed by atoms with E-state index in [9.17, 15) is 4.79 Å². The largest absolute Gasteiger partial charge is 0.481 e. The van der Waals surface area contributed by atoms with Gasteiger partial charge in [0.25, 0.3) is 0 Å². The molecule has 3 nitrogen and oxygen atoms in total. The summed E-state index contributed by atoms with van der Waals surface area (Å²) in [5.41, 5.74) is 0. The Balaban J connectivity index is 2.39. The standard InChI is InChI=1S/C7H13NO2/c1-5(7(9)10)6-2-3-8-4-6/h5-6,8H,2-4H2,1H3,(H,9,10)/t5?,6-/m0/s1. The summed E-state index contributed by atoms with van der Waals surface area (Å²) in [6.07, 6.45) is 1.01. The molecule has 0 aromatic rings. The molecule has 0 aliphatic carbocycles. The van der Waals surface area contributed by atoms with E-state index in [1.165, 1.54) is 0 Å². The Hall–Kier alpha value is -0.570. The first kappa shape index (κ1) is 7.54. The molecule has 1 saturated heterocycles. The number of aliphatic carboxylic acids is 1. The Morgan fingerprint density at radius 3 is 2.90 bits per heavy atom. The zero-order valence-corrected chi connectivity index (χ0v) is 6.13. The van der Waals surface area contributed by atoms with E-state index in [1.54, 1.807) is 6.92 Å². The molecule has 2 atom stereocenters. The van der Waals surface area contributed by atoms with E-state index in [4.69, 9.17) is 5.11 Å². The third-order valence-corrected chi connectivity index (χ3v) is 2.20. The monoisotopic (exact) mass is 143 g/mol. The van der Waals surface area contributed by atoms with Gasteiger partial charge >= 0.3 is 5.97 Å². The van der Waals surface area contributed by atoms with E-state index in [0.29, 0.717) is 5.92 Å². The molecule has 1 heterocycles. The molecule has 58 valence electrons. The first-order valence-corrected chi connectivity index (χ1v) is 3.65. The molecule has 0 aromatic heterocycles. The summed E-state index contributed by atoms with van der Waals surface area (Å²) in [5, 5.41) is 11.8. The van der Waals surface area contributed by atoms with Crippen LogP contribution in [-0.4, -0.2) is 24.2 Å². The van der Waals surface area contributed by atoms with Crippen LogP contribution in [0.25, 0.3) is 0 Å². The quantitative estimate of drug-likeness (QED) is 0.585. The molecule has 1 unspecified atom stereocenters. The first-order valence-electron chi connectivity index (χ1n) is 3.65. The predicted octanol–water partition coefficient (Wildman–Crippen LogP) is 0.317. The molecule has 1 aliphatic rings. The molecule has 0 radical (unpaired) electrons. The van der Waals surface area contributed by atoms with Gasteiger partial charge < -0.3 is 10.4 Å². The Kier molecular flexibility index (Phi) is 2.27. The molecule has 1 fully saturated rings. The van der Waals surface area contributed by atoms with Gasteiger partial charge in [-0.15, -0.1) is 0 Å². The molecule has 0 saturated carbocycles. The Morgan fingerprint density at radius 1 is 1.80 bits per heavy atom. The van der Waals surface area contributed by atoms with Crippen molar-refractivity contribution in [3.8, 4) is 0 Å². The van der Waals surface area contributed by atoms with Gasteiger partial charge in [-0.2, -0.15) is 0 Å². The molecule has 3 heteroatoms. The maximum atomic E-state index is 10.5. The van der Waals surface area contributed by atoms with Crippen molar-refractivity contribution in [2.45, 2.75) is 13.3 Å². The smallest absolute Gasteiger partial charge is 0.306 e. The van der Waals surface area contributed by atoms with Crippen molar-refractivity contribution in [2.75, 3.05) is 13.1 Å². The number of hydrogen-bond acceptors (Lipinski definition) is 2. The molecular formula is C7H13NO2.